The molecule has 3 aromatic rings. The van der Waals surface area contributed by atoms with Crippen molar-refractivity contribution >= 4 is 23.6 Å². The minimum Gasteiger partial charge on any atom is -0.0624 e. The van der Waals surface area contributed by atoms with E-state index in [0.717, 1.165) is 0 Å². The Balaban J connectivity index is 2.34. The fourth-order valence-corrected chi connectivity index (χ4v) is 13.7. The second-order valence-corrected chi connectivity index (χ2v) is 14.5. The minimum absolute atomic E-state index is 0.0559. The second-order valence-electron chi connectivity index (χ2n) is 10.4. The van der Waals surface area contributed by atoms with Crippen LogP contribution in [0.25, 0.3) is 0 Å². The minimum atomic E-state index is -2.59. The Labute approximate surface area is 202 Å². The highest BCUT2D eigenvalue weighted by molar-refractivity contribution is 7.14. The molecule has 0 saturated heterocycles. The van der Waals surface area contributed by atoms with E-state index in [2.05, 4.69) is 129 Å². The predicted molar refractivity (Wildman–Crippen MR) is 148 cm³/mol. The first-order valence-corrected chi connectivity index (χ1v) is 14.1. The third kappa shape index (κ3) is 3.24. The van der Waals surface area contributed by atoms with E-state index >= 15 is 0 Å². The third-order valence-corrected chi connectivity index (χ3v) is 14.8. The lowest BCUT2D eigenvalue weighted by atomic mass is 9.97. The summed E-state index contributed by atoms with van der Waals surface area (Å²) in [6.45, 7) is 21.2. The van der Waals surface area contributed by atoms with Crippen LogP contribution >= 0.6 is 0 Å². The number of benzene rings is 3. The summed E-state index contributed by atoms with van der Waals surface area (Å²) >= 11 is 0. The Hall–Kier alpha value is -2.64. The van der Waals surface area contributed by atoms with Gasteiger partial charge < -0.3 is 0 Å². The van der Waals surface area contributed by atoms with Crippen LogP contribution < -0.4 is 15.6 Å². The zero-order valence-corrected chi connectivity index (χ0v) is 22.9. The number of aryl methyl sites for hydroxylation is 4. The molecule has 0 heterocycles. The summed E-state index contributed by atoms with van der Waals surface area (Å²) in [6, 6.07) is 25.6. The molecule has 4 rings (SSSR count). The maximum atomic E-state index is 2.56. The fraction of sp³-hybridized carbons (Fsp3) is 0.312. The smallest absolute Gasteiger partial charge is 0.0624 e. The molecule has 0 aromatic heterocycles. The van der Waals surface area contributed by atoms with Crippen molar-refractivity contribution in [3.8, 4) is 0 Å². The van der Waals surface area contributed by atoms with Gasteiger partial charge in [0.15, 0.2) is 8.07 Å². The van der Waals surface area contributed by atoms with E-state index in [1.807, 2.05) is 0 Å². The van der Waals surface area contributed by atoms with Gasteiger partial charge in [0.2, 0.25) is 0 Å². The maximum Gasteiger partial charge on any atom is 0.162 e. The molecule has 0 fully saturated rings. The van der Waals surface area contributed by atoms with Crippen LogP contribution in [0.2, 0.25) is 5.04 Å². The van der Waals surface area contributed by atoms with Crippen LogP contribution in [-0.4, -0.2) is 8.07 Å². The Bertz CT molecular complexity index is 1220. The van der Waals surface area contributed by atoms with E-state index in [4.69, 9.17) is 0 Å². The largest absolute Gasteiger partial charge is 0.162 e. The Kier molecular flexibility index (Phi) is 5.91. The van der Waals surface area contributed by atoms with Gasteiger partial charge in [-0.05, 0) is 82.1 Å². The van der Waals surface area contributed by atoms with Gasteiger partial charge in [0.25, 0.3) is 0 Å². The molecule has 0 nitrogen and oxygen atoms in total. The normalized spacial score (nSPS) is 17.5. The summed E-state index contributed by atoms with van der Waals surface area (Å²) in [5.74, 6) is 0. The molecule has 1 aliphatic rings. The van der Waals surface area contributed by atoms with Crippen molar-refractivity contribution in [1.82, 2.24) is 0 Å². The lowest BCUT2D eigenvalue weighted by Gasteiger charge is -2.50. The summed E-state index contributed by atoms with van der Waals surface area (Å²) in [6.07, 6.45) is 0. The highest BCUT2D eigenvalue weighted by atomic mass is 28.3. The van der Waals surface area contributed by atoms with Gasteiger partial charge in [-0.1, -0.05) is 107 Å². The van der Waals surface area contributed by atoms with Crippen molar-refractivity contribution in [2.75, 3.05) is 0 Å². The molecule has 0 spiro atoms. The van der Waals surface area contributed by atoms with Gasteiger partial charge in [0.1, 0.15) is 0 Å². The van der Waals surface area contributed by atoms with Gasteiger partial charge in [-0.25, -0.2) is 0 Å². The van der Waals surface area contributed by atoms with Crippen molar-refractivity contribution in [3.63, 3.8) is 0 Å². The monoisotopic (exact) mass is 450 g/mol. The molecule has 1 unspecified atom stereocenters. The molecule has 0 saturated carbocycles. The van der Waals surface area contributed by atoms with Gasteiger partial charge in [0.05, 0.1) is 0 Å². The Morgan fingerprint density at radius 2 is 1.03 bits per heavy atom. The first kappa shape index (κ1) is 23.5. The number of allylic oxidation sites excluding steroid dienone is 4. The summed E-state index contributed by atoms with van der Waals surface area (Å²) in [4.78, 5) is 0. The van der Waals surface area contributed by atoms with Crippen molar-refractivity contribution in [3.05, 3.63) is 111 Å². The molecule has 1 heteroatoms. The Morgan fingerprint density at radius 1 is 0.545 bits per heavy atom. The van der Waals surface area contributed by atoms with Crippen LogP contribution in [0.3, 0.4) is 0 Å². The first-order valence-electron chi connectivity index (χ1n) is 12.1. The van der Waals surface area contributed by atoms with E-state index in [9.17, 15) is 0 Å². The maximum absolute atomic E-state index is 2.59. The molecule has 0 bridgehead atoms. The molecular formula is C32H38Si. The zero-order chi connectivity index (χ0) is 24.1. The van der Waals surface area contributed by atoms with Crippen molar-refractivity contribution in [2.45, 2.75) is 67.4 Å². The molecule has 1 aliphatic carbocycles. The number of hydrogen-bond acceptors (Lipinski definition) is 0. The van der Waals surface area contributed by atoms with Crippen molar-refractivity contribution in [2.24, 2.45) is 0 Å². The van der Waals surface area contributed by atoms with Gasteiger partial charge in [0, 0.05) is 5.04 Å². The summed E-state index contributed by atoms with van der Waals surface area (Å²) in [5, 5.41) is 4.54. The summed E-state index contributed by atoms with van der Waals surface area (Å²) in [5.41, 5.74) is 11.5. The van der Waals surface area contributed by atoms with Gasteiger partial charge in [-0.15, -0.1) is 0 Å². The predicted octanol–water partition coefficient (Wildman–Crippen LogP) is 6.84. The van der Waals surface area contributed by atoms with Crippen LogP contribution in [-0.2, 0) is 0 Å². The average molecular weight is 451 g/mol. The summed E-state index contributed by atoms with van der Waals surface area (Å²) < 4.78 is 0. The van der Waals surface area contributed by atoms with Gasteiger partial charge in [-0.3, -0.25) is 0 Å². The number of hydrogen-bond donors (Lipinski definition) is 0. The lowest BCUT2D eigenvalue weighted by molar-refractivity contribution is 0.812. The molecular weight excluding hydrogens is 412 g/mol. The molecule has 33 heavy (non-hydrogen) atoms. The molecule has 3 aromatic carbocycles. The van der Waals surface area contributed by atoms with Crippen molar-refractivity contribution in [1.29, 1.82) is 0 Å². The zero-order valence-electron chi connectivity index (χ0n) is 21.9. The molecule has 0 aliphatic heterocycles. The molecule has 1 atom stereocenters. The third-order valence-electron chi connectivity index (χ3n) is 8.66. The Morgan fingerprint density at radius 3 is 1.52 bits per heavy atom. The van der Waals surface area contributed by atoms with Gasteiger partial charge >= 0.3 is 0 Å². The van der Waals surface area contributed by atoms with Crippen LogP contribution in [0, 0.1) is 27.7 Å². The summed E-state index contributed by atoms with van der Waals surface area (Å²) in [7, 11) is -2.59. The quantitative estimate of drug-likeness (QED) is 0.302. The molecule has 0 amide bonds. The van der Waals surface area contributed by atoms with Crippen LogP contribution in [0.15, 0.2) is 89.0 Å². The van der Waals surface area contributed by atoms with Gasteiger partial charge in [-0.2, -0.15) is 0 Å². The highest BCUT2D eigenvalue weighted by Gasteiger charge is 2.59. The molecule has 0 radical (unpaired) electrons. The van der Waals surface area contributed by atoms with Crippen LogP contribution in [0.5, 0.6) is 0 Å². The van der Waals surface area contributed by atoms with E-state index in [1.165, 1.54) is 54.9 Å². The van der Waals surface area contributed by atoms with E-state index in [1.54, 1.807) is 5.19 Å². The standard InChI is InChI=1S/C32H38Si/c1-21-18-22(2)20-30(19-21)33(29-16-11-10-12-17-29,31-23(3)14-13-15-24(31)4)32(9)27(7)25(5)26(6)28(32)8/h10-20H,1-9H3. The first-order chi connectivity index (χ1) is 15.6. The van der Waals surface area contributed by atoms with Crippen LogP contribution in [0.4, 0.5) is 0 Å². The second kappa shape index (κ2) is 8.29. The molecule has 170 valence electrons. The van der Waals surface area contributed by atoms with E-state index in [-0.39, 0.29) is 5.04 Å². The van der Waals surface area contributed by atoms with Crippen molar-refractivity contribution < 1.29 is 0 Å². The van der Waals surface area contributed by atoms with E-state index in [0.29, 0.717) is 0 Å². The average Bonchev–Trinajstić information content (AvgIpc) is 2.92. The highest BCUT2D eigenvalue weighted by Crippen LogP contribution is 2.57. The lowest BCUT2D eigenvalue weighted by Crippen LogP contribution is -2.74. The van der Waals surface area contributed by atoms with Crippen LogP contribution in [0.1, 0.15) is 56.9 Å². The van der Waals surface area contributed by atoms with E-state index < -0.39 is 8.07 Å². The number of rotatable bonds is 4. The fourth-order valence-electron chi connectivity index (χ4n) is 6.72. The SMILES string of the molecule is CC1=C(C)C(C)([Si](c2ccccc2)(c2cc(C)cc(C)c2)c2c(C)cccc2C)C(C)=C1C. The topological polar surface area (TPSA) is 0 Å². The molecule has 0 N–H and O–H groups in total.